The third-order valence-corrected chi connectivity index (χ3v) is 5.66. The third kappa shape index (κ3) is 5.55. The molecule has 29 heavy (non-hydrogen) atoms. The lowest BCUT2D eigenvalue weighted by Gasteiger charge is -2.27. The number of rotatable bonds is 6. The molecule has 1 aliphatic rings. The van der Waals surface area contributed by atoms with Gasteiger partial charge in [0.1, 0.15) is 0 Å². The first-order chi connectivity index (χ1) is 13.7. The zero-order chi connectivity index (χ0) is 21.0. The Morgan fingerprint density at radius 1 is 1.31 bits per heavy atom. The molecule has 1 aromatic carbocycles. The molecule has 0 bridgehead atoms. The summed E-state index contributed by atoms with van der Waals surface area (Å²) < 4.78 is 22.3. The number of nitrogens with zero attached hydrogens (tertiary/aromatic N) is 3. The van der Waals surface area contributed by atoms with Crippen LogP contribution in [0.15, 0.2) is 48.1 Å². The van der Waals surface area contributed by atoms with Gasteiger partial charge in [0, 0.05) is 29.3 Å². The van der Waals surface area contributed by atoms with Crippen LogP contribution in [0, 0.1) is 0 Å². The minimum Gasteiger partial charge on any atom is -0.362 e. The SMILES string of the molecule is C[C@H](/C=C/S(C)(=O)=O)NC(=O)c1ncc(N2CCC[C@H]2c2ccccc2Cl)cn1. The molecule has 2 aromatic rings. The summed E-state index contributed by atoms with van der Waals surface area (Å²) in [6.07, 6.45) is 7.77. The molecule has 3 rings (SSSR count). The maximum atomic E-state index is 12.3. The standard InChI is InChI=1S/C20H23ClN4O3S/c1-14(9-11-29(2,27)28)24-20(26)19-22-12-15(13-23-19)25-10-5-8-18(25)16-6-3-4-7-17(16)21/h3-4,6-7,9,11-14,18H,5,8,10H2,1-2H3,(H,24,26)/b11-9+/t14-,18+/m1/s1. The van der Waals surface area contributed by atoms with Gasteiger partial charge in [-0.15, -0.1) is 0 Å². The van der Waals surface area contributed by atoms with E-state index >= 15 is 0 Å². The lowest BCUT2D eigenvalue weighted by Crippen LogP contribution is -2.32. The normalized spacial score (nSPS) is 18.2. The van der Waals surface area contributed by atoms with Crippen molar-refractivity contribution >= 4 is 33.0 Å². The monoisotopic (exact) mass is 434 g/mol. The highest BCUT2D eigenvalue weighted by atomic mass is 35.5. The average Bonchev–Trinajstić information content (AvgIpc) is 3.16. The summed E-state index contributed by atoms with van der Waals surface area (Å²) in [6, 6.07) is 7.47. The van der Waals surface area contributed by atoms with Gasteiger partial charge in [0.25, 0.3) is 5.91 Å². The van der Waals surface area contributed by atoms with E-state index in [0.717, 1.165) is 47.3 Å². The highest BCUT2D eigenvalue weighted by molar-refractivity contribution is 7.93. The van der Waals surface area contributed by atoms with Crippen molar-refractivity contribution in [3.63, 3.8) is 0 Å². The van der Waals surface area contributed by atoms with Crippen molar-refractivity contribution in [3.05, 3.63) is 64.6 Å². The van der Waals surface area contributed by atoms with Crippen molar-refractivity contribution in [3.8, 4) is 0 Å². The van der Waals surface area contributed by atoms with Gasteiger partial charge in [-0.05, 0) is 31.4 Å². The van der Waals surface area contributed by atoms with Crippen LogP contribution < -0.4 is 10.2 Å². The van der Waals surface area contributed by atoms with Crippen molar-refractivity contribution in [2.45, 2.75) is 31.8 Å². The number of anilines is 1. The van der Waals surface area contributed by atoms with Crippen LogP contribution in [0.25, 0.3) is 0 Å². The van der Waals surface area contributed by atoms with Gasteiger partial charge in [-0.1, -0.05) is 35.9 Å². The average molecular weight is 435 g/mol. The van der Waals surface area contributed by atoms with Gasteiger partial charge in [0.2, 0.25) is 5.82 Å². The second-order valence-corrected chi connectivity index (χ2v) is 9.40. The number of sulfone groups is 1. The first kappa shape index (κ1) is 21.3. The lowest BCUT2D eigenvalue weighted by molar-refractivity contribution is 0.0936. The van der Waals surface area contributed by atoms with E-state index in [0.29, 0.717) is 0 Å². The predicted octanol–water partition coefficient (Wildman–Crippen LogP) is 3.15. The molecule has 0 spiro atoms. The first-order valence-corrected chi connectivity index (χ1v) is 11.6. The largest absolute Gasteiger partial charge is 0.362 e. The molecule has 154 valence electrons. The number of hydrogen-bond acceptors (Lipinski definition) is 6. The Kier molecular flexibility index (Phi) is 6.54. The van der Waals surface area contributed by atoms with Crippen LogP contribution in [0.1, 0.15) is 42.0 Å². The summed E-state index contributed by atoms with van der Waals surface area (Å²) in [7, 11) is -3.24. The summed E-state index contributed by atoms with van der Waals surface area (Å²) in [5.41, 5.74) is 1.90. The molecule has 0 aliphatic carbocycles. The molecule has 2 heterocycles. The molecule has 1 fully saturated rings. The summed E-state index contributed by atoms with van der Waals surface area (Å²) in [6.45, 7) is 2.53. The molecular formula is C20H23ClN4O3S. The van der Waals surface area contributed by atoms with E-state index in [1.54, 1.807) is 19.3 Å². The molecule has 1 N–H and O–H groups in total. The topological polar surface area (TPSA) is 92.3 Å². The Morgan fingerprint density at radius 2 is 2.00 bits per heavy atom. The van der Waals surface area contributed by atoms with Gasteiger partial charge in [-0.2, -0.15) is 0 Å². The van der Waals surface area contributed by atoms with Crippen LogP contribution in [-0.4, -0.2) is 43.1 Å². The molecular weight excluding hydrogens is 412 g/mol. The second-order valence-electron chi connectivity index (χ2n) is 7.06. The summed E-state index contributed by atoms with van der Waals surface area (Å²) >= 11 is 6.37. The van der Waals surface area contributed by atoms with Gasteiger partial charge in [0.05, 0.1) is 24.1 Å². The Bertz CT molecular complexity index is 1010. The van der Waals surface area contributed by atoms with Crippen molar-refractivity contribution < 1.29 is 13.2 Å². The minimum absolute atomic E-state index is 0.0295. The Balaban J connectivity index is 1.70. The van der Waals surface area contributed by atoms with E-state index in [1.807, 2.05) is 24.3 Å². The highest BCUT2D eigenvalue weighted by Gasteiger charge is 2.28. The molecule has 1 aliphatic heterocycles. The second kappa shape index (κ2) is 8.92. The highest BCUT2D eigenvalue weighted by Crippen LogP contribution is 2.38. The van der Waals surface area contributed by atoms with Crippen LogP contribution in [0.4, 0.5) is 5.69 Å². The number of aromatic nitrogens is 2. The smallest absolute Gasteiger partial charge is 0.289 e. The number of halogens is 1. The first-order valence-electron chi connectivity index (χ1n) is 9.27. The number of hydrogen-bond donors (Lipinski definition) is 1. The fraction of sp³-hybridized carbons (Fsp3) is 0.350. The minimum atomic E-state index is -3.24. The number of benzene rings is 1. The van der Waals surface area contributed by atoms with Crippen molar-refractivity contribution in [2.75, 3.05) is 17.7 Å². The zero-order valence-corrected chi connectivity index (χ0v) is 17.8. The van der Waals surface area contributed by atoms with E-state index in [1.165, 1.54) is 6.08 Å². The molecule has 1 saturated heterocycles. The van der Waals surface area contributed by atoms with Crippen LogP contribution >= 0.6 is 11.6 Å². The van der Waals surface area contributed by atoms with Crippen molar-refractivity contribution in [1.82, 2.24) is 15.3 Å². The van der Waals surface area contributed by atoms with Gasteiger partial charge in [-0.25, -0.2) is 18.4 Å². The van der Waals surface area contributed by atoms with Crippen LogP contribution in [-0.2, 0) is 9.84 Å². The molecule has 1 aromatic heterocycles. The van der Waals surface area contributed by atoms with Crippen LogP contribution in [0.3, 0.4) is 0 Å². The fourth-order valence-corrected chi connectivity index (χ4v) is 4.09. The molecule has 7 nitrogen and oxygen atoms in total. The van der Waals surface area contributed by atoms with Gasteiger partial charge < -0.3 is 10.2 Å². The lowest BCUT2D eigenvalue weighted by atomic mass is 10.0. The number of carbonyl (C=O) groups excluding carboxylic acids is 1. The summed E-state index contributed by atoms with van der Waals surface area (Å²) in [5, 5.41) is 4.45. The predicted molar refractivity (Wildman–Crippen MR) is 114 cm³/mol. The van der Waals surface area contributed by atoms with E-state index in [2.05, 4.69) is 20.2 Å². The van der Waals surface area contributed by atoms with E-state index in [9.17, 15) is 13.2 Å². The molecule has 0 unspecified atom stereocenters. The maximum absolute atomic E-state index is 12.3. The van der Waals surface area contributed by atoms with E-state index in [4.69, 9.17) is 11.6 Å². The fourth-order valence-electron chi connectivity index (χ4n) is 3.31. The van der Waals surface area contributed by atoms with Gasteiger partial charge in [0.15, 0.2) is 9.84 Å². The zero-order valence-electron chi connectivity index (χ0n) is 16.2. The molecule has 0 saturated carbocycles. The number of carbonyl (C=O) groups is 1. The van der Waals surface area contributed by atoms with Crippen LogP contribution in [0.5, 0.6) is 0 Å². The third-order valence-electron chi connectivity index (χ3n) is 4.66. The summed E-state index contributed by atoms with van der Waals surface area (Å²) in [4.78, 5) is 22.9. The number of amides is 1. The molecule has 1 amide bonds. The Hall–Kier alpha value is -2.45. The van der Waals surface area contributed by atoms with Crippen molar-refractivity contribution in [2.24, 2.45) is 0 Å². The quantitative estimate of drug-likeness (QED) is 0.750. The van der Waals surface area contributed by atoms with Crippen molar-refractivity contribution in [1.29, 1.82) is 0 Å². The van der Waals surface area contributed by atoms with Gasteiger partial charge >= 0.3 is 0 Å². The molecule has 2 atom stereocenters. The molecule has 9 heteroatoms. The Morgan fingerprint density at radius 3 is 2.66 bits per heavy atom. The number of nitrogens with one attached hydrogen (secondary N) is 1. The molecule has 0 radical (unpaired) electrons. The van der Waals surface area contributed by atoms with Crippen LogP contribution in [0.2, 0.25) is 5.02 Å². The van der Waals surface area contributed by atoms with E-state index in [-0.39, 0.29) is 11.9 Å². The Labute approximate surface area is 175 Å². The maximum Gasteiger partial charge on any atom is 0.289 e. The summed E-state index contributed by atoms with van der Waals surface area (Å²) in [5.74, 6) is -0.437. The van der Waals surface area contributed by atoms with E-state index < -0.39 is 21.8 Å². The van der Waals surface area contributed by atoms with Gasteiger partial charge in [-0.3, -0.25) is 4.79 Å².